The van der Waals surface area contributed by atoms with E-state index in [-0.39, 0.29) is 23.0 Å². The number of anilines is 2. The highest BCUT2D eigenvalue weighted by molar-refractivity contribution is 9.10. The molecule has 0 bridgehead atoms. The van der Waals surface area contributed by atoms with E-state index in [1.54, 1.807) is 12.1 Å². The number of nitrogens with zero attached hydrogens (tertiary/aromatic N) is 2. The molecule has 1 aromatic carbocycles. The first-order valence-corrected chi connectivity index (χ1v) is 7.00. The minimum atomic E-state index is -1.20. The Morgan fingerprint density at radius 3 is 2.71 bits per heavy atom. The van der Waals surface area contributed by atoms with Gasteiger partial charge in [-0.05, 0) is 28.1 Å². The zero-order valence-electron chi connectivity index (χ0n) is 11.4. The van der Waals surface area contributed by atoms with Gasteiger partial charge in [-0.25, -0.2) is 19.2 Å². The van der Waals surface area contributed by atoms with E-state index in [1.807, 2.05) is 13.8 Å². The van der Waals surface area contributed by atoms with Gasteiger partial charge in [0.25, 0.3) is 0 Å². The average molecular weight is 354 g/mol. The van der Waals surface area contributed by atoms with Crippen LogP contribution in [0.25, 0.3) is 0 Å². The summed E-state index contributed by atoms with van der Waals surface area (Å²) >= 11 is 3.21. The standard InChI is InChI=1S/C14H13BrFN3O2/c1-7(2)13-17-6-10(12(19-13)14(20)21)18-11-8(15)4-3-5-9(11)16/h3-7,18H,1-2H3,(H,20,21). The predicted molar refractivity (Wildman–Crippen MR) is 80.5 cm³/mol. The molecule has 0 unspecified atom stereocenters. The highest BCUT2D eigenvalue weighted by atomic mass is 79.9. The number of aromatic nitrogens is 2. The highest BCUT2D eigenvalue weighted by Crippen LogP contribution is 2.29. The summed E-state index contributed by atoms with van der Waals surface area (Å²) in [5.74, 6) is -1.29. The molecule has 0 radical (unpaired) electrons. The van der Waals surface area contributed by atoms with Crippen LogP contribution in [0.3, 0.4) is 0 Å². The van der Waals surface area contributed by atoms with E-state index in [4.69, 9.17) is 0 Å². The summed E-state index contributed by atoms with van der Waals surface area (Å²) in [5, 5.41) is 12.0. The summed E-state index contributed by atoms with van der Waals surface area (Å²) in [4.78, 5) is 19.4. The maximum absolute atomic E-state index is 13.8. The molecule has 0 amide bonds. The van der Waals surface area contributed by atoms with Crippen LogP contribution in [0.1, 0.15) is 36.1 Å². The predicted octanol–water partition coefficient (Wildman–Crippen LogP) is 3.94. The number of carboxylic acid groups (broad SMARTS) is 1. The van der Waals surface area contributed by atoms with Gasteiger partial charge in [0.2, 0.25) is 0 Å². The van der Waals surface area contributed by atoms with Gasteiger partial charge in [0, 0.05) is 10.4 Å². The lowest BCUT2D eigenvalue weighted by atomic mass is 10.2. The second kappa shape index (κ2) is 6.17. The minimum absolute atomic E-state index is 0.00246. The normalized spacial score (nSPS) is 10.7. The number of carboxylic acids is 1. The lowest BCUT2D eigenvalue weighted by molar-refractivity contribution is 0.0691. The monoisotopic (exact) mass is 353 g/mol. The van der Waals surface area contributed by atoms with Crippen LogP contribution in [0.5, 0.6) is 0 Å². The van der Waals surface area contributed by atoms with Crippen LogP contribution in [-0.4, -0.2) is 21.0 Å². The zero-order valence-corrected chi connectivity index (χ0v) is 13.0. The lowest BCUT2D eigenvalue weighted by Crippen LogP contribution is -2.11. The Bertz CT molecular complexity index is 672. The van der Waals surface area contributed by atoms with Crippen molar-refractivity contribution in [3.05, 3.63) is 46.2 Å². The number of halogens is 2. The van der Waals surface area contributed by atoms with Gasteiger partial charge in [-0.15, -0.1) is 0 Å². The van der Waals surface area contributed by atoms with Crippen molar-refractivity contribution >= 4 is 33.3 Å². The third kappa shape index (κ3) is 3.36. The van der Waals surface area contributed by atoms with Gasteiger partial charge in [-0.2, -0.15) is 0 Å². The highest BCUT2D eigenvalue weighted by Gasteiger charge is 2.17. The Hall–Kier alpha value is -2.02. The van der Waals surface area contributed by atoms with E-state index in [2.05, 4.69) is 31.2 Å². The van der Waals surface area contributed by atoms with E-state index in [0.29, 0.717) is 10.3 Å². The third-order valence-electron chi connectivity index (χ3n) is 2.75. The SMILES string of the molecule is CC(C)c1ncc(Nc2c(F)cccc2Br)c(C(=O)O)n1. The molecular formula is C14H13BrFN3O2. The van der Waals surface area contributed by atoms with Gasteiger partial charge in [0.15, 0.2) is 5.69 Å². The summed E-state index contributed by atoms with van der Waals surface area (Å²) in [7, 11) is 0. The first kappa shape index (κ1) is 15.4. The number of carbonyl (C=O) groups is 1. The fourth-order valence-corrected chi connectivity index (χ4v) is 2.12. The van der Waals surface area contributed by atoms with Crippen LogP contribution in [0.15, 0.2) is 28.9 Å². The third-order valence-corrected chi connectivity index (χ3v) is 3.41. The van der Waals surface area contributed by atoms with Crippen molar-refractivity contribution in [2.75, 3.05) is 5.32 Å². The molecule has 21 heavy (non-hydrogen) atoms. The van der Waals surface area contributed by atoms with Crippen molar-refractivity contribution in [3.63, 3.8) is 0 Å². The van der Waals surface area contributed by atoms with Gasteiger partial charge < -0.3 is 10.4 Å². The van der Waals surface area contributed by atoms with Crippen molar-refractivity contribution in [1.29, 1.82) is 0 Å². The summed E-state index contributed by atoms with van der Waals surface area (Å²) < 4.78 is 14.3. The number of hydrogen-bond donors (Lipinski definition) is 2. The minimum Gasteiger partial charge on any atom is -0.476 e. The largest absolute Gasteiger partial charge is 0.476 e. The molecule has 2 rings (SSSR count). The molecule has 1 heterocycles. The smallest absolute Gasteiger partial charge is 0.356 e. The van der Waals surface area contributed by atoms with Crippen molar-refractivity contribution in [2.45, 2.75) is 19.8 Å². The molecule has 0 atom stereocenters. The molecule has 0 spiro atoms. The Morgan fingerprint density at radius 1 is 1.43 bits per heavy atom. The van der Waals surface area contributed by atoms with Gasteiger partial charge >= 0.3 is 5.97 Å². The second-order valence-corrected chi connectivity index (χ2v) is 5.53. The summed E-state index contributed by atoms with van der Waals surface area (Å²) in [6.07, 6.45) is 1.35. The molecule has 7 heteroatoms. The average Bonchev–Trinajstić information content (AvgIpc) is 2.42. The Labute approximate surface area is 129 Å². The Morgan fingerprint density at radius 2 is 2.14 bits per heavy atom. The van der Waals surface area contributed by atoms with Crippen LogP contribution in [-0.2, 0) is 0 Å². The molecule has 1 aromatic heterocycles. The number of rotatable bonds is 4. The first-order chi connectivity index (χ1) is 9.90. The maximum Gasteiger partial charge on any atom is 0.356 e. The van der Waals surface area contributed by atoms with Crippen LogP contribution in [0.2, 0.25) is 0 Å². The molecule has 2 N–H and O–H groups in total. The van der Waals surface area contributed by atoms with Gasteiger partial charge in [0.05, 0.1) is 17.6 Å². The van der Waals surface area contributed by atoms with E-state index in [9.17, 15) is 14.3 Å². The van der Waals surface area contributed by atoms with Gasteiger partial charge in [-0.1, -0.05) is 19.9 Å². The van der Waals surface area contributed by atoms with Crippen molar-refractivity contribution < 1.29 is 14.3 Å². The topological polar surface area (TPSA) is 75.1 Å². The van der Waals surface area contributed by atoms with Crippen LogP contribution in [0, 0.1) is 5.82 Å². The van der Waals surface area contributed by atoms with Gasteiger partial charge in [-0.3, -0.25) is 0 Å². The molecule has 0 saturated heterocycles. The quantitative estimate of drug-likeness (QED) is 0.870. The number of hydrogen-bond acceptors (Lipinski definition) is 4. The summed E-state index contributed by atoms with van der Waals surface area (Å²) in [5.41, 5.74) is 0.0856. The van der Waals surface area contributed by atoms with E-state index in [0.717, 1.165) is 0 Å². The van der Waals surface area contributed by atoms with Crippen molar-refractivity contribution in [1.82, 2.24) is 9.97 Å². The lowest BCUT2D eigenvalue weighted by Gasteiger charge is -2.13. The molecule has 0 fully saturated rings. The summed E-state index contributed by atoms with van der Waals surface area (Å²) in [6, 6.07) is 4.47. The Kier molecular flexibility index (Phi) is 4.52. The summed E-state index contributed by atoms with van der Waals surface area (Å²) in [6.45, 7) is 3.73. The molecule has 0 aliphatic heterocycles. The molecule has 0 saturated carbocycles. The van der Waals surface area contributed by atoms with E-state index < -0.39 is 11.8 Å². The van der Waals surface area contributed by atoms with E-state index >= 15 is 0 Å². The van der Waals surface area contributed by atoms with Crippen LogP contribution in [0.4, 0.5) is 15.8 Å². The van der Waals surface area contributed by atoms with Crippen LogP contribution < -0.4 is 5.32 Å². The van der Waals surface area contributed by atoms with E-state index in [1.165, 1.54) is 12.3 Å². The Balaban J connectivity index is 2.47. The molecule has 0 aliphatic carbocycles. The number of nitrogens with one attached hydrogen (secondary N) is 1. The number of benzene rings is 1. The molecule has 0 aliphatic rings. The first-order valence-electron chi connectivity index (χ1n) is 6.21. The van der Waals surface area contributed by atoms with Crippen LogP contribution >= 0.6 is 15.9 Å². The molecule has 2 aromatic rings. The van der Waals surface area contributed by atoms with Crippen molar-refractivity contribution in [3.8, 4) is 0 Å². The van der Waals surface area contributed by atoms with Crippen molar-refractivity contribution in [2.24, 2.45) is 0 Å². The van der Waals surface area contributed by atoms with Gasteiger partial charge in [0.1, 0.15) is 11.6 Å². The maximum atomic E-state index is 13.8. The fourth-order valence-electron chi connectivity index (χ4n) is 1.68. The number of aromatic carboxylic acids is 1. The fraction of sp³-hybridized carbons (Fsp3) is 0.214. The molecular weight excluding hydrogens is 341 g/mol. The molecule has 110 valence electrons. The number of para-hydroxylation sites is 1. The molecule has 5 nitrogen and oxygen atoms in total. The second-order valence-electron chi connectivity index (χ2n) is 4.67. The zero-order chi connectivity index (χ0) is 15.6.